The summed E-state index contributed by atoms with van der Waals surface area (Å²) in [4.78, 5) is 28.4. The molecule has 1 aromatic carbocycles. The van der Waals surface area contributed by atoms with E-state index in [1.54, 1.807) is 48.3 Å². The predicted molar refractivity (Wildman–Crippen MR) is 96.6 cm³/mol. The van der Waals surface area contributed by atoms with E-state index >= 15 is 0 Å². The normalized spacial score (nSPS) is 16.4. The molecule has 6 heteroatoms. The number of benzene rings is 1. The number of carbonyl (C=O) groups excluding carboxylic acids is 2. The smallest absolute Gasteiger partial charge is 0.319 e. The fourth-order valence-electron chi connectivity index (χ4n) is 2.87. The number of imidazole rings is 1. The highest BCUT2D eigenvalue weighted by atomic mass is 16.2. The van der Waals surface area contributed by atoms with E-state index in [0.717, 1.165) is 19.3 Å². The molecule has 1 aliphatic rings. The van der Waals surface area contributed by atoms with Crippen LogP contribution in [-0.4, -0.2) is 27.9 Å². The van der Waals surface area contributed by atoms with Gasteiger partial charge < -0.3 is 15.2 Å². The highest BCUT2D eigenvalue weighted by molar-refractivity contribution is 6.07. The minimum atomic E-state index is -0.224. The largest absolute Gasteiger partial charge is 0.338 e. The number of rotatable bonds is 5. The summed E-state index contributed by atoms with van der Waals surface area (Å²) in [6.45, 7) is 0.673. The highest BCUT2D eigenvalue weighted by Crippen LogP contribution is 2.17. The van der Waals surface area contributed by atoms with E-state index in [1.165, 1.54) is 0 Å². The van der Waals surface area contributed by atoms with E-state index in [9.17, 15) is 9.59 Å². The Labute approximate surface area is 147 Å². The van der Waals surface area contributed by atoms with Crippen LogP contribution in [0.4, 0.5) is 10.5 Å². The maximum Gasteiger partial charge on any atom is 0.319 e. The number of nitrogens with zero attached hydrogens (tertiary/aromatic N) is 2. The molecule has 6 nitrogen and oxygen atoms in total. The first-order valence-electron chi connectivity index (χ1n) is 8.45. The van der Waals surface area contributed by atoms with Crippen molar-refractivity contribution in [2.75, 3.05) is 11.9 Å². The van der Waals surface area contributed by atoms with E-state index < -0.39 is 0 Å². The molecule has 25 heavy (non-hydrogen) atoms. The molecule has 1 aromatic heterocycles. The van der Waals surface area contributed by atoms with Crippen LogP contribution in [-0.2, 0) is 7.05 Å². The van der Waals surface area contributed by atoms with Gasteiger partial charge in [0, 0.05) is 37.2 Å². The van der Waals surface area contributed by atoms with Crippen LogP contribution in [0, 0.1) is 5.92 Å². The quantitative estimate of drug-likeness (QED) is 0.649. The third-order valence-corrected chi connectivity index (χ3v) is 4.36. The standard InChI is InChI=1S/C19H22N4O2/c1-23-12-11-20-18(23)17(24)15-7-9-16(10-8-15)22-19(25)21-13-14-5-3-2-4-6-14/h2-3,7-12,14H,4-6,13H2,1H3,(H2,21,22,25). The van der Waals surface area contributed by atoms with Gasteiger partial charge in [0.05, 0.1) is 0 Å². The number of carbonyl (C=O) groups is 2. The first kappa shape index (κ1) is 17.0. The molecule has 0 radical (unpaired) electrons. The first-order chi connectivity index (χ1) is 12.1. The molecule has 2 N–H and O–H groups in total. The second-order valence-electron chi connectivity index (χ2n) is 6.25. The molecular weight excluding hydrogens is 316 g/mol. The molecule has 130 valence electrons. The predicted octanol–water partition coefficient (Wildman–Crippen LogP) is 3.13. The van der Waals surface area contributed by atoms with E-state index in [2.05, 4.69) is 27.8 Å². The van der Waals surface area contributed by atoms with E-state index in [0.29, 0.717) is 29.5 Å². The van der Waals surface area contributed by atoms with Gasteiger partial charge in [-0.2, -0.15) is 0 Å². The molecule has 0 saturated heterocycles. The van der Waals surface area contributed by atoms with Crippen molar-refractivity contribution in [3.05, 3.63) is 60.2 Å². The number of hydrogen-bond donors (Lipinski definition) is 2. The Balaban J connectivity index is 1.53. The maximum absolute atomic E-state index is 12.4. The third-order valence-electron chi connectivity index (χ3n) is 4.36. The lowest BCUT2D eigenvalue weighted by atomic mass is 9.94. The zero-order valence-corrected chi connectivity index (χ0v) is 14.2. The molecule has 0 bridgehead atoms. The molecular formula is C19H22N4O2. The summed E-state index contributed by atoms with van der Waals surface area (Å²) >= 11 is 0. The minimum absolute atomic E-state index is 0.145. The zero-order valence-electron chi connectivity index (χ0n) is 14.2. The molecule has 3 rings (SSSR count). The van der Waals surface area contributed by atoms with Crippen LogP contribution in [0.1, 0.15) is 35.4 Å². The van der Waals surface area contributed by atoms with Crippen molar-refractivity contribution in [1.82, 2.24) is 14.9 Å². The average molecular weight is 338 g/mol. The minimum Gasteiger partial charge on any atom is -0.338 e. The Kier molecular flexibility index (Phi) is 5.28. The lowest BCUT2D eigenvalue weighted by Crippen LogP contribution is -2.33. The van der Waals surface area contributed by atoms with Crippen molar-refractivity contribution < 1.29 is 9.59 Å². The van der Waals surface area contributed by atoms with Crippen molar-refractivity contribution in [3.63, 3.8) is 0 Å². The van der Waals surface area contributed by atoms with Crippen LogP contribution in [0.5, 0.6) is 0 Å². The summed E-state index contributed by atoms with van der Waals surface area (Å²) in [5.74, 6) is 0.752. The van der Waals surface area contributed by atoms with Crippen LogP contribution >= 0.6 is 0 Å². The molecule has 2 amide bonds. The van der Waals surface area contributed by atoms with Gasteiger partial charge in [-0.25, -0.2) is 9.78 Å². The summed E-state index contributed by atoms with van der Waals surface area (Å²) in [6.07, 6.45) is 10.9. The van der Waals surface area contributed by atoms with E-state index in [-0.39, 0.29) is 11.8 Å². The maximum atomic E-state index is 12.4. The average Bonchev–Trinajstić information content (AvgIpc) is 3.07. The van der Waals surface area contributed by atoms with Gasteiger partial charge in [0.15, 0.2) is 5.82 Å². The zero-order chi connectivity index (χ0) is 17.6. The monoisotopic (exact) mass is 338 g/mol. The Hall–Kier alpha value is -2.89. The Morgan fingerprint density at radius 2 is 2.04 bits per heavy atom. The first-order valence-corrected chi connectivity index (χ1v) is 8.45. The molecule has 2 aromatic rings. The molecule has 1 heterocycles. The molecule has 1 atom stereocenters. The number of anilines is 1. The fourth-order valence-corrected chi connectivity index (χ4v) is 2.87. The Morgan fingerprint density at radius 3 is 2.68 bits per heavy atom. The Morgan fingerprint density at radius 1 is 1.24 bits per heavy atom. The molecule has 0 saturated carbocycles. The summed E-state index contributed by atoms with van der Waals surface area (Å²) in [7, 11) is 1.78. The van der Waals surface area contributed by atoms with Crippen molar-refractivity contribution in [3.8, 4) is 0 Å². The van der Waals surface area contributed by atoms with Gasteiger partial charge >= 0.3 is 6.03 Å². The lowest BCUT2D eigenvalue weighted by Gasteiger charge is -2.18. The fraction of sp³-hybridized carbons (Fsp3) is 0.316. The third kappa shape index (κ3) is 4.35. The number of urea groups is 1. The van der Waals surface area contributed by atoms with E-state index in [4.69, 9.17) is 0 Å². The van der Waals surface area contributed by atoms with Gasteiger partial charge in [0.1, 0.15) is 0 Å². The number of allylic oxidation sites excluding steroid dienone is 2. The summed E-state index contributed by atoms with van der Waals surface area (Å²) in [6, 6.07) is 6.60. The van der Waals surface area contributed by atoms with Gasteiger partial charge in [-0.1, -0.05) is 12.2 Å². The van der Waals surface area contributed by atoms with Gasteiger partial charge in [-0.15, -0.1) is 0 Å². The van der Waals surface area contributed by atoms with Crippen LogP contribution < -0.4 is 10.6 Å². The van der Waals surface area contributed by atoms with Crippen LogP contribution in [0.3, 0.4) is 0 Å². The summed E-state index contributed by atoms with van der Waals surface area (Å²) in [5, 5.41) is 5.70. The molecule has 1 unspecified atom stereocenters. The van der Waals surface area contributed by atoms with Gasteiger partial charge in [-0.05, 0) is 49.4 Å². The molecule has 0 aliphatic heterocycles. The number of hydrogen-bond acceptors (Lipinski definition) is 3. The topological polar surface area (TPSA) is 76.0 Å². The van der Waals surface area contributed by atoms with Gasteiger partial charge in [0.2, 0.25) is 5.78 Å². The number of aryl methyl sites for hydroxylation is 1. The number of aromatic nitrogens is 2. The number of ketones is 1. The van der Waals surface area contributed by atoms with E-state index in [1.807, 2.05) is 0 Å². The van der Waals surface area contributed by atoms with Crippen LogP contribution in [0.25, 0.3) is 0 Å². The van der Waals surface area contributed by atoms with Crippen molar-refractivity contribution in [2.45, 2.75) is 19.3 Å². The van der Waals surface area contributed by atoms with Crippen molar-refractivity contribution >= 4 is 17.5 Å². The summed E-state index contributed by atoms with van der Waals surface area (Å²) < 4.78 is 1.68. The second-order valence-corrected chi connectivity index (χ2v) is 6.25. The van der Waals surface area contributed by atoms with Gasteiger partial charge in [0.25, 0.3) is 0 Å². The van der Waals surface area contributed by atoms with Gasteiger partial charge in [-0.3, -0.25) is 4.79 Å². The second kappa shape index (κ2) is 7.79. The SMILES string of the molecule is Cn1ccnc1C(=O)c1ccc(NC(=O)NCC2CC=CCC2)cc1. The van der Waals surface area contributed by atoms with Crippen LogP contribution in [0.15, 0.2) is 48.8 Å². The Bertz CT molecular complexity index is 777. The highest BCUT2D eigenvalue weighted by Gasteiger charge is 2.14. The number of nitrogens with one attached hydrogen (secondary N) is 2. The summed E-state index contributed by atoms with van der Waals surface area (Å²) in [5.41, 5.74) is 1.19. The lowest BCUT2D eigenvalue weighted by molar-refractivity contribution is 0.102. The molecule has 0 spiro atoms. The van der Waals surface area contributed by atoms with Crippen LogP contribution in [0.2, 0.25) is 0 Å². The van der Waals surface area contributed by atoms with Crippen molar-refractivity contribution in [1.29, 1.82) is 0 Å². The van der Waals surface area contributed by atoms with Crippen molar-refractivity contribution in [2.24, 2.45) is 13.0 Å². The number of amides is 2. The molecule has 0 fully saturated rings. The molecule has 1 aliphatic carbocycles.